The molecule has 21 heavy (non-hydrogen) atoms. The summed E-state index contributed by atoms with van der Waals surface area (Å²) in [5.41, 5.74) is -0.577. The first-order chi connectivity index (χ1) is 10.0. The van der Waals surface area contributed by atoms with Gasteiger partial charge in [0.15, 0.2) is 0 Å². The van der Waals surface area contributed by atoms with E-state index in [4.69, 9.17) is 0 Å². The molecule has 1 N–H and O–H groups in total. The van der Waals surface area contributed by atoms with E-state index in [-0.39, 0.29) is 5.56 Å². The van der Waals surface area contributed by atoms with E-state index in [1.807, 2.05) is 0 Å². The lowest BCUT2D eigenvalue weighted by Crippen LogP contribution is -2.17. The van der Waals surface area contributed by atoms with Crippen molar-refractivity contribution in [3.05, 3.63) is 34.8 Å². The SMILES string of the molecule is CCCNCCc1nnc(-c2ccccc2C(F)(F)F)s1. The van der Waals surface area contributed by atoms with Gasteiger partial charge >= 0.3 is 6.18 Å². The van der Waals surface area contributed by atoms with Crippen LogP contribution in [-0.2, 0) is 12.6 Å². The fraction of sp³-hybridized carbons (Fsp3) is 0.429. The summed E-state index contributed by atoms with van der Waals surface area (Å²) in [6.07, 6.45) is -2.67. The first-order valence-corrected chi connectivity index (χ1v) is 7.53. The molecule has 0 saturated heterocycles. The van der Waals surface area contributed by atoms with Crippen LogP contribution in [-0.4, -0.2) is 23.3 Å². The van der Waals surface area contributed by atoms with Crippen LogP contribution in [0.4, 0.5) is 13.2 Å². The molecule has 0 saturated carbocycles. The van der Waals surface area contributed by atoms with Gasteiger partial charge in [0.1, 0.15) is 10.0 Å². The second kappa shape index (κ2) is 7.00. The highest BCUT2D eigenvalue weighted by Crippen LogP contribution is 2.37. The van der Waals surface area contributed by atoms with E-state index in [0.29, 0.717) is 11.4 Å². The molecule has 3 nitrogen and oxygen atoms in total. The molecule has 0 amide bonds. The minimum absolute atomic E-state index is 0.0928. The van der Waals surface area contributed by atoms with E-state index in [9.17, 15) is 13.2 Å². The van der Waals surface area contributed by atoms with E-state index < -0.39 is 11.7 Å². The van der Waals surface area contributed by atoms with Gasteiger partial charge < -0.3 is 5.32 Å². The molecule has 1 aromatic heterocycles. The number of halogens is 3. The number of benzene rings is 1. The topological polar surface area (TPSA) is 37.8 Å². The Hall–Kier alpha value is -1.47. The Bertz CT molecular complexity index is 581. The number of alkyl halides is 3. The summed E-state index contributed by atoms with van der Waals surface area (Å²) >= 11 is 1.21. The van der Waals surface area contributed by atoms with E-state index in [1.54, 1.807) is 6.07 Å². The molecular weight excluding hydrogens is 299 g/mol. The quantitative estimate of drug-likeness (QED) is 0.825. The van der Waals surface area contributed by atoms with Crippen LogP contribution < -0.4 is 5.32 Å². The van der Waals surface area contributed by atoms with Crippen molar-refractivity contribution in [2.45, 2.75) is 25.9 Å². The lowest BCUT2D eigenvalue weighted by Gasteiger charge is -2.09. The lowest BCUT2D eigenvalue weighted by atomic mass is 10.1. The molecular formula is C14H16F3N3S. The Balaban J connectivity index is 2.15. The molecule has 0 atom stereocenters. The number of hydrogen-bond donors (Lipinski definition) is 1. The Kier molecular flexibility index (Phi) is 5.30. The molecule has 0 radical (unpaired) electrons. The van der Waals surface area contributed by atoms with Gasteiger partial charge in [-0.05, 0) is 19.0 Å². The van der Waals surface area contributed by atoms with Crippen molar-refractivity contribution in [2.75, 3.05) is 13.1 Å². The fourth-order valence-electron chi connectivity index (χ4n) is 1.88. The largest absolute Gasteiger partial charge is 0.417 e. The summed E-state index contributed by atoms with van der Waals surface area (Å²) in [7, 11) is 0. The highest BCUT2D eigenvalue weighted by Gasteiger charge is 2.34. The van der Waals surface area contributed by atoms with E-state index in [2.05, 4.69) is 22.4 Å². The zero-order chi connectivity index (χ0) is 15.3. The summed E-state index contributed by atoms with van der Waals surface area (Å²) in [4.78, 5) is 0. The minimum Gasteiger partial charge on any atom is -0.316 e. The minimum atomic E-state index is -4.38. The van der Waals surface area contributed by atoms with E-state index in [1.165, 1.54) is 23.5 Å². The molecule has 2 rings (SSSR count). The zero-order valence-corrected chi connectivity index (χ0v) is 12.4. The Morgan fingerprint density at radius 2 is 1.90 bits per heavy atom. The molecule has 0 unspecified atom stereocenters. The molecule has 1 heterocycles. The van der Waals surface area contributed by atoms with E-state index in [0.717, 1.165) is 30.6 Å². The summed E-state index contributed by atoms with van der Waals surface area (Å²) in [5, 5.41) is 12.2. The van der Waals surface area contributed by atoms with Crippen LogP contribution in [0.1, 0.15) is 23.9 Å². The average Bonchev–Trinajstić information content (AvgIpc) is 2.91. The maximum atomic E-state index is 13.0. The molecule has 0 aliphatic carbocycles. The number of hydrogen-bond acceptors (Lipinski definition) is 4. The van der Waals surface area contributed by atoms with Crippen molar-refractivity contribution in [2.24, 2.45) is 0 Å². The third-order valence-corrected chi connectivity index (χ3v) is 3.89. The number of rotatable bonds is 6. The van der Waals surface area contributed by atoms with Gasteiger partial charge in [0.05, 0.1) is 5.56 Å². The number of aromatic nitrogens is 2. The van der Waals surface area contributed by atoms with Crippen LogP contribution in [0.25, 0.3) is 10.6 Å². The van der Waals surface area contributed by atoms with Gasteiger partial charge in [0.25, 0.3) is 0 Å². The molecule has 0 spiro atoms. The summed E-state index contributed by atoms with van der Waals surface area (Å²) in [6, 6.07) is 5.46. The second-order valence-corrected chi connectivity index (χ2v) is 5.61. The van der Waals surface area contributed by atoms with Gasteiger partial charge in [-0.3, -0.25) is 0 Å². The van der Waals surface area contributed by atoms with Crippen LogP contribution >= 0.6 is 11.3 Å². The van der Waals surface area contributed by atoms with Crippen LogP contribution in [0.2, 0.25) is 0 Å². The first-order valence-electron chi connectivity index (χ1n) is 6.72. The smallest absolute Gasteiger partial charge is 0.316 e. The van der Waals surface area contributed by atoms with Gasteiger partial charge in [0, 0.05) is 18.5 Å². The third-order valence-electron chi connectivity index (χ3n) is 2.87. The summed E-state index contributed by atoms with van der Waals surface area (Å²) < 4.78 is 38.9. The molecule has 1 aromatic carbocycles. The Labute approximate surface area is 125 Å². The molecule has 2 aromatic rings. The zero-order valence-electron chi connectivity index (χ0n) is 11.6. The van der Waals surface area contributed by atoms with Gasteiger partial charge in [-0.25, -0.2) is 0 Å². The van der Waals surface area contributed by atoms with Crippen molar-refractivity contribution in [3.8, 4) is 10.6 Å². The summed E-state index contributed by atoms with van der Waals surface area (Å²) in [6.45, 7) is 3.75. The van der Waals surface area contributed by atoms with Crippen LogP contribution in [0.5, 0.6) is 0 Å². The van der Waals surface area contributed by atoms with Crippen molar-refractivity contribution in [1.82, 2.24) is 15.5 Å². The molecule has 7 heteroatoms. The van der Waals surface area contributed by atoms with Crippen molar-refractivity contribution in [1.29, 1.82) is 0 Å². The maximum Gasteiger partial charge on any atom is 0.417 e. The Morgan fingerprint density at radius 3 is 2.62 bits per heavy atom. The monoisotopic (exact) mass is 315 g/mol. The van der Waals surface area contributed by atoms with Crippen LogP contribution in [0, 0.1) is 0 Å². The molecule has 114 valence electrons. The third kappa shape index (κ3) is 4.25. The summed E-state index contributed by atoms with van der Waals surface area (Å²) in [5.74, 6) is 0. The van der Waals surface area contributed by atoms with Crippen LogP contribution in [0.3, 0.4) is 0 Å². The average molecular weight is 315 g/mol. The highest BCUT2D eigenvalue weighted by atomic mass is 32.1. The standard InChI is InChI=1S/C14H16F3N3S/c1-2-8-18-9-7-12-19-20-13(21-12)10-5-3-4-6-11(10)14(15,16)17/h3-6,18H,2,7-9H2,1H3. The molecule has 0 bridgehead atoms. The fourth-order valence-corrected chi connectivity index (χ4v) is 2.76. The second-order valence-electron chi connectivity index (χ2n) is 4.54. The Morgan fingerprint density at radius 1 is 1.14 bits per heavy atom. The molecule has 0 fully saturated rings. The maximum absolute atomic E-state index is 13.0. The normalized spacial score (nSPS) is 11.8. The van der Waals surface area contributed by atoms with E-state index >= 15 is 0 Å². The van der Waals surface area contributed by atoms with Gasteiger partial charge in [0.2, 0.25) is 0 Å². The van der Waals surface area contributed by atoms with Crippen LogP contribution in [0.15, 0.2) is 24.3 Å². The number of nitrogens with one attached hydrogen (secondary N) is 1. The van der Waals surface area contributed by atoms with Gasteiger partial charge in [-0.2, -0.15) is 13.2 Å². The highest BCUT2D eigenvalue weighted by molar-refractivity contribution is 7.14. The van der Waals surface area contributed by atoms with Crippen molar-refractivity contribution >= 4 is 11.3 Å². The first kappa shape index (κ1) is 15.9. The van der Waals surface area contributed by atoms with Crippen molar-refractivity contribution < 1.29 is 13.2 Å². The van der Waals surface area contributed by atoms with Gasteiger partial charge in [-0.1, -0.05) is 36.5 Å². The lowest BCUT2D eigenvalue weighted by molar-refractivity contribution is -0.137. The van der Waals surface area contributed by atoms with Gasteiger partial charge in [-0.15, -0.1) is 10.2 Å². The molecule has 0 aliphatic rings. The van der Waals surface area contributed by atoms with Crippen molar-refractivity contribution in [3.63, 3.8) is 0 Å². The molecule has 0 aliphatic heterocycles. The number of nitrogens with zero attached hydrogens (tertiary/aromatic N) is 2. The predicted octanol–water partition coefficient (Wildman–Crippen LogP) is 3.77. The predicted molar refractivity (Wildman–Crippen MR) is 77.2 cm³/mol.